The zero-order chi connectivity index (χ0) is 13.7. The minimum atomic E-state index is -0.441. The van der Waals surface area contributed by atoms with E-state index in [0.717, 1.165) is 45.4 Å². The molecule has 0 aliphatic carbocycles. The van der Waals surface area contributed by atoms with Gasteiger partial charge in [-0.1, -0.05) is 0 Å². The standard InChI is InChI=1S/C13H23N3O3/c14-12(17)8-16(11-3-5-15-6-4-11)13(18)10-2-1-7-19-9-10/h10-11,15H,1-9H2,(H2,14,17). The van der Waals surface area contributed by atoms with Crippen molar-refractivity contribution in [2.75, 3.05) is 32.8 Å². The molecule has 2 fully saturated rings. The van der Waals surface area contributed by atoms with Gasteiger partial charge in [-0.25, -0.2) is 0 Å². The highest BCUT2D eigenvalue weighted by atomic mass is 16.5. The maximum Gasteiger partial charge on any atom is 0.237 e. The average molecular weight is 269 g/mol. The molecule has 2 aliphatic rings. The van der Waals surface area contributed by atoms with Crippen molar-refractivity contribution in [3.8, 4) is 0 Å². The topological polar surface area (TPSA) is 84.7 Å². The molecule has 1 unspecified atom stereocenters. The van der Waals surface area contributed by atoms with Crippen LogP contribution in [0.5, 0.6) is 0 Å². The molecule has 0 bridgehead atoms. The molecule has 1 atom stereocenters. The summed E-state index contributed by atoms with van der Waals surface area (Å²) < 4.78 is 5.37. The van der Waals surface area contributed by atoms with Crippen molar-refractivity contribution >= 4 is 11.8 Å². The fourth-order valence-corrected chi connectivity index (χ4v) is 2.84. The molecule has 0 radical (unpaired) electrons. The van der Waals surface area contributed by atoms with E-state index < -0.39 is 5.91 Å². The van der Waals surface area contributed by atoms with Gasteiger partial charge in [-0.3, -0.25) is 9.59 Å². The van der Waals surface area contributed by atoms with Gasteiger partial charge in [-0.15, -0.1) is 0 Å². The highest BCUT2D eigenvalue weighted by Crippen LogP contribution is 2.20. The van der Waals surface area contributed by atoms with Gasteiger partial charge in [0.25, 0.3) is 0 Å². The smallest absolute Gasteiger partial charge is 0.237 e. The van der Waals surface area contributed by atoms with Gasteiger partial charge >= 0.3 is 0 Å². The molecule has 2 saturated heterocycles. The maximum absolute atomic E-state index is 12.6. The van der Waals surface area contributed by atoms with Crippen LogP contribution in [0, 0.1) is 5.92 Å². The monoisotopic (exact) mass is 269 g/mol. The molecule has 19 heavy (non-hydrogen) atoms. The lowest BCUT2D eigenvalue weighted by molar-refractivity contribution is -0.145. The Balaban J connectivity index is 2.02. The van der Waals surface area contributed by atoms with Crippen LogP contribution in [-0.2, 0) is 14.3 Å². The van der Waals surface area contributed by atoms with Crippen LogP contribution in [0.3, 0.4) is 0 Å². The summed E-state index contributed by atoms with van der Waals surface area (Å²) in [7, 11) is 0. The van der Waals surface area contributed by atoms with E-state index in [2.05, 4.69) is 5.32 Å². The number of piperidine rings is 1. The summed E-state index contributed by atoms with van der Waals surface area (Å²) in [6, 6.07) is 0.128. The first-order chi connectivity index (χ1) is 9.18. The van der Waals surface area contributed by atoms with Gasteiger partial charge in [0.2, 0.25) is 11.8 Å². The second-order valence-corrected chi connectivity index (χ2v) is 5.33. The van der Waals surface area contributed by atoms with Crippen LogP contribution in [0.1, 0.15) is 25.7 Å². The number of nitrogens with one attached hydrogen (secondary N) is 1. The lowest BCUT2D eigenvalue weighted by Gasteiger charge is -2.36. The fraction of sp³-hybridized carbons (Fsp3) is 0.846. The second-order valence-electron chi connectivity index (χ2n) is 5.33. The van der Waals surface area contributed by atoms with Crippen molar-refractivity contribution in [2.45, 2.75) is 31.7 Å². The molecule has 3 N–H and O–H groups in total. The zero-order valence-corrected chi connectivity index (χ0v) is 11.3. The largest absolute Gasteiger partial charge is 0.381 e. The van der Waals surface area contributed by atoms with Crippen molar-refractivity contribution in [3.63, 3.8) is 0 Å². The van der Waals surface area contributed by atoms with Crippen molar-refractivity contribution in [2.24, 2.45) is 11.7 Å². The molecule has 2 heterocycles. The number of nitrogens with two attached hydrogens (primary N) is 1. The summed E-state index contributed by atoms with van der Waals surface area (Å²) in [4.78, 5) is 25.5. The number of rotatable bonds is 4. The Morgan fingerprint density at radius 3 is 2.58 bits per heavy atom. The Labute approximate surface area is 113 Å². The van der Waals surface area contributed by atoms with Crippen LogP contribution < -0.4 is 11.1 Å². The lowest BCUT2D eigenvalue weighted by atomic mass is 9.97. The molecule has 2 rings (SSSR count). The summed E-state index contributed by atoms with van der Waals surface area (Å²) >= 11 is 0. The number of ether oxygens (including phenoxy) is 1. The summed E-state index contributed by atoms with van der Waals surface area (Å²) in [5, 5.41) is 3.26. The third kappa shape index (κ3) is 3.91. The minimum absolute atomic E-state index is 0.0278. The molecule has 0 spiro atoms. The third-order valence-corrected chi connectivity index (χ3v) is 3.87. The molecule has 6 nitrogen and oxygen atoms in total. The zero-order valence-electron chi connectivity index (χ0n) is 11.3. The predicted octanol–water partition coefficient (Wildman–Crippen LogP) is -0.521. The van der Waals surface area contributed by atoms with Crippen LogP contribution in [0.2, 0.25) is 0 Å². The number of hydrogen-bond acceptors (Lipinski definition) is 4. The first-order valence-electron chi connectivity index (χ1n) is 7.05. The number of carbonyl (C=O) groups excluding carboxylic acids is 2. The predicted molar refractivity (Wildman–Crippen MR) is 70.3 cm³/mol. The molecule has 0 aromatic carbocycles. The summed E-state index contributed by atoms with van der Waals surface area (Å²) in [6.07, 6.45) is 3.52. The van der Waals surface area contributed by atoms with E-state index in [-0.39, 0.29) is 24.4 Å². The molecule has 108 valence electrons. The van der Waals surface area contributed by atoms with E-state index in [0.29, 0.717) is 6.61 Å². The van der Waals surface area contributed by atoms with Crippen LogP contribution in [0.25, 0.3) is 0 Å². The Kier molecular flexibility index (Phi) is 5.15. The van der Waals surface area contributed by atoms with Gasteiger partial charge in [0, 0.05) is 12.6 Å². The summed E-state index contributed by atoms with van der Waals surface area (Å²) in [5.41, 5.74) is 5.29. The second kappa shape index (κ2) is 6.86. The van der Waals surface area contributed by atoms with Crippen molar-refractivity contribution < 1.29 is 14.3 Å². The summed E-state index contributed by atoms with van der Waals surface area (Å²) in [6.45, 7) is 2.99. The normalized spacial score (nSPS) is 24.9. The molecular formula is C13H23N3O3. The van der Waals surface area contributed by atoms with E-state index in [9.17, 15) is 9.59 Å². The summed E-state index contributed by atoms with van der Waals surface area (Å²) in [5.74, 6) is -0.517. The van der Waals surface area contributed by atoms with Gasteiger partial charge in [-0.05, 0) is 38.8 Å². The van der Waals surface area contributed by atoms with E-state index in [4.69, 9.17) is 10.5 Å². The lowest BCUT2D eigenvalue weighted by Crippen LogP contribution is -2.52. The maximum atomic E-state index is 12.6. The first-order valence-corrected chi connectivity index (χ1v) is 7.05. The number of primary amides is 1. The molecule has 0 aromatic heterocycles. The molecule has 0 aromatic rings. The van der Waals surface area contributed by atoms with Crippen LogP contribution in [-0.4, -0.2) is 55.6 Å². The third-order valence-electron chi connectivity index (χ3n) is 3.87. The highest BCUT2D eigenvalue weighted by Gasteiger charge is 2.32. The van der Waals surface area contributed by atoms with Gasteiger partial charge in [0.05, 0.1) is 19.1 Å². The Hall–Kier alpha value is -1.14. The van der Waals surface area contributed by atoms with Crippen molar-refractivity contribution in [3.05, 3.63) is 0 Å². The van der Waals surface area contributed by atoms with E-state index in [1.165, 1.54) is 0 Å². The van der Waals surface area contributed by atoms with Gasteiger partial charge in [0.1, 0.15) is 0 Å². The quantitative estimate of drug-likeness (QED) is 0.719. The molecule has 0 saturated carbocycles. The fourth-order valence-electron chi connectivity index (χ4n) is 2.84. The Bertz CT molecular complexity index is 323. The van der Waals surface area contributed by atoms with Crippen LogP contribution >= 0.6 is 0 Å². The van der Waals surface area contributed by atoms with Gasteiger partial charge in [0.15, 0.2) is 0 Å². The van der Waals surface area contributed by atoms with Crippen LogP contribution in [0.4, 0.5) is 0 Å². The molecular weight excluding hydrogens is 246 g/mol. The highest BCUT2D eigenvalue weighted by molar-refractivity contribution is 5.85. The number of hydrogen-bond donors (Lipinski definition) is 2. The molecule has 6 heteroatoms. The van der Waals surface area contributed by atoms with E-state index >= 15 is 0 Å². The van der Waals surface area contributed by atoms with Crippen molar-refractivity contribution in [1.82, 2.24) is 10.2 Å². The Morgan fingerprint density at radius 1 is 1.26 bits per heavy atom. The van der Waals surface area contributed by atoms with Gasteiger partial charge < -0.3 is 20.7 Å². The van der Waals surface area contributed by atoms with Gasteiger partial charge in [-0.2, -0.15) is 0 Å². The Morgan fingerprint density at radius 2 is 2.00 bits per heavy atom. The first kappa shape index (κ1) is 14.3. The number of carbonyl (C=O) groups is 2. The van der Waals surface area contributed by atoms with E-state index in [1.807, 2.05) is 0 Å². The van der Waals surface area contributed by atoms with Crippen LogP contribution in [0.15, 0.2) is 0 Å². The van der Waals surface area contributed by atoms with E-state index in [1.54, 1.807) is 4.90 Å². The minimum Gasteiger partial charge on any atom is -0.381 e. The number of amides is 2. The molecule has 2 aliphatic heterocycles. The number of nitrogens with zero attached hydrogens (tertiary/aromatic N) is 1. The average Bonchev–Trinajstić information content (AvgIpc) is 2.46. The molecule has 2 amide bonds. The van der Waals surface area contributed by atoms with Crippen molar-refractivity contribution in [1.29, 1.82) is 0 Å². The SMILES string of the molecule is NC(=O)CN(C(=O)C1CCCOC1)C1CCNCC1.